The van der Waals surface area contributed by atoms with Gasteiger partial charge in [0.2, 0.25) is 5.83 Å². The topological polar surface area (TPSA) is 127 Å². The molecule has 0 fully saturated rings. The Balaban J connectivity index is 0. The number of hydrogen-bond donors (Lipinski definition) is 2. The SMILES string of the molecule is CC(C)/C(C(=O)O)=C(\F)C(=O)O.COC(=O)/C=C(/CF)C(=O)OC. The van der Waals surface area contributed by atoms with Gasteiger partial charge in [0.15, 0.2) is 0 Å². The highest BCUT2D eigenvalue weighted by Crippen LogP contribution is 2.16. The smallest absolute Gasteiger partial charge is 0.365 e. The van der Waals surface area contributed by atoms with E-state index in [1.807, 2.05) is 0 Å². The average Bonchev–Trinajstić information content (AvgIpc) is 2.51. The van der Waals surface area contributed by atoms with E-state index in [0.717, 1.165) is 20.3 Å². The summed E-state index contributed by atoms with van der Waals surface area (Å²) in [4.78, 5) is 41.6. The predicted molar refractivity (Wildman–Crippen MR) is 76.3 cm³/mol. The first kappa shape index (κ1) is 23.5. The number of alkyl halides is 1. The molecule has 136 valence electrons. The summed E-state index contributed by atoms with van der Waals surface area (Å²) in [5, 5.41) is 16.6. The minimum absolute atomic E-state index is 0.357. The largest absolute Gasteiger partial charge is 0.478 e. The van der Waals surface area contributed by atoms with Gasteiger partial charge in [0.05, 0.1) is 25.4 Å². The molecule has 8 nitrogen and oxygen atoms in total. The van der Waals surface area contributed by atoms with Crippen LogP contribution in [0, 0.1) is 5.92 Å². The molecule has 0 spiro atoms. The summed E-state index contributed by atoms with van der Waals surface area (Å²) in [6.07, 6.45) is 0.756. The zero-order valence-electron chi connectivity index (χ0n) is 13.5. The number of esters is 2. The number of aliphatic carboxylic acids is 2. The van der Waals surface area contributed by atoms with E-state index in [0.29, 0.717) is 0 Å². The zero-order valence-corrected chi connectivity index (χ0v) is 13.5. The van der Waals surface area contributed by atoms with Gasteiger partial charge in [-0.05, 0) is 5.92 Å². The summed E-state index contributed by atoms with van der Waals surface area (Å²) >= 11 is 0. The van der Waals surface area contributed by atoms with Crippen LogP contribution in [0.25, 0.3) is 0 Å². The molecular weight excluding hydrogens is 334 g/mol. The van der Waals surface area contributed by atoms with Crippen molar-refractivity contribution >= 4 is 23.9 Å². The summed E-state index contributed by atoms with van der Waals surface area (Å²) < 4.78 is 33.0. The monoisotopic (exact) mass is 352 g/mol. The van der Waals surface area contributed by atoms with Gasteiger partial charge in [-0.1, -0.05) is 13.8 Å². The molecule has 0 aromatic heterocycles. The third kappa shape index (κ3) is 8.61. The number of hydrogen-bond acceptors (Lipinski definition) is 6. The number of methoxy groups -OCH3 is 2. The molecule has 0 heterocycles. The normalized spacial score (nSPS) is 11.7. The maximum absolute atomic E-state index is 12.6. The third-order valence-electron chi connectivity index (χ3n) is 2.32. The van der Waals surface area contributed by atoms with E-state index in [1.165, 1.54) is 13.8 Å². The highest BCUT2D eigenvalue weighted by molar-refractivity contribution is 5.97. The summed E-state index contributed by atoms with van der Waals surface area (Å²) in [5.74, 6) is -7.29. The second kappa shape index (κ2) is 11.7. The van der Waals surface area contributed by atoms with Gasteiger partial charge in [-0.2, -0.15) is 4.39 Å². The van der Waals surface area contributed by atoms with Crippen LogP contribution in [0.1, 0.15) is 13.8 Å². The van der Waals surface area contributed by atoms with Gasteiger partial charge < -0.3 is 19.7 Å². The number of carbonyl (C=O) groups is 4. The fourth-order valence-corrected chi connectivity index (χ4v) is 1.19. The van der Waals surface area contributed by atoms with Crippen molar-refractivity contribution in [2.75, 3.05) is 20.9 Å². The predicted octanol–water partition coefficient (Wildman–Crippen LogP) is 1.26. The molecule has 24 heavy (non-hydrogen) atoms. The lowest BCUT2D eigenvalue weighted by molar-refractivity contribution is -0.138. The molecule has 2 N–H and O–H groups in total. The molecule has 0 aliphatic rings. The highest BCUT2D eigenvalue weighted by Gasteiger charge is 2.22. The van der Waals surface area contributed by atoms with E-state index in [1.54, 1.807) is 0 Å². The Morgan fingerprint density at radius 1 is 1.04 bits per heavy atom. The first-order valence-corrected chi connectivity index (χ1v) is 6.32. The lowest BCUT2D eigenvalue weighted by Crippen LogP contribution is -2.13. The molecule has 0 bridgehead atoms. The molecule has 0 aromatic rings. The maximum atomic E-state index is 12.6. The van der Waals surface area contributed by atoms with Crippen LogP contribution in [-0.2, 0) is 28.7 Å². The van der Waals surface area contributed by atoms with E-state index in [2.05, 4.69) is 9.47 Å². The van der Waals surface area contributed by atoms with Crippen molar-refractivity contribution in [3.05, 3.63) is 23.0 Å². The van der Waals surface area contributed by atoms with Gasteiger partial charge in [-0.25, -0.2) is 23.6 Å². The Bertz CT molecular complexity index is 549. The van der Waals surface area contributed by atoms with Gasteiger partial charge >= 0.3 is 23.9 Å². The minimum Gasteiger partial charge on any atom is -0.478 e. The molecular formula is C14H18F2O8. The molecule has 0 atom stereocenters. The van der Waals surface area contributed by atoms with Gasteiger partial charge in [0.1, 0.15) is 6.67 Å². The molecule has 0 saturated carbocycles. The van der Waals surface area contributed by atoms with Crippen LogP contribution in [0.15, 0.2) is 23.0 Å². The number of ether oxygens (including phenoxy) is 2. The Labute approximate surface area is 136 Å². The first-order valence-electron chi connectivity index (χ1n) is 6.32. The molecule has 0 aliphatic carbocycles. The van der Waals surface area contributed by atoms with Crippen LogP contribution < -0.4 is 0 Å². The maximum Gasteiger partial charge on any atom is 0.365 e. The van der Waals surface area contributed by atoms with E-state index in [9.17, 15) is 28.0 Å². The molecule has 10 heteroatoms. The summed E-state index contributed by atoms with van der Waals surface area (Å²) in [6, 6.07) is 0. The van der Waals surface area contributed by atoms with Gasteiger partial charge in [0.25, 0.3) is 0 Å². The van der Waals surface area contributed by atoms with Crippen molar-refractivity contribution in [1.29, 1.82) is 0 Å². The van der Waals surface area contributed by atoms with E-state index >= 15 is 0 Å². The number of carbonyl (C=O) groups excluding carboxylic acids is 2. The second-order valence-electron chi connectivity index (χ2n) is 4.31. The van der Waals surface area contributed by atoms with E-state index in [4.69, 9.17) is 10.2 Å². The second-order valence-corrected chi connectivity index (χ2v) is 4.31. The first-order chi connectivity index (χ1) is 11.0. The van der Waals surface area contributed by atoms with Gasteiger partial charge in [-0.3, -0.25) is 0 Å². The van der Waals surface area contributed by atoms with Crippen molar-refractivity contribution in [3.63, 3.8) is 0 Å². The third-order valence-corrected chi connectivity index (χ3v) is 2.32. The van der Waals surface area contributed by atoms with Crippen molar-refractivity contribution in [3.8, 4) is 0 Å². The lowest BCUT2D eigenvalue weighted by Gasteiger charge is -2.04. The zero-order chi connectivity index (χ0) is 19.4. The molecule has 0 aromatic carbocycles. The quantitative estimate of drug-likeness (QED) is 0.540. The van der Waals surface area contributed by atoms with Gasteiger partial charge in [0, 0.05) is 6.08 Å². The van der Waals surface area contributed by atoms with Crippen LogP contribution in [0.4, 0.5) is 8.78 Å². The Kier molecular flexibility index (Phi) is 11.5. The summed E-state index contributed by atoms with van der Waals surface area (Å²) in [5.41, 5.74) is -1.06. The number of halogens is 2. The fraction of sp³-hybridized carbons (Fsp3) is 0.429. The molecule has 0 aliphatic heterocycles. The molecule has 0 rings (SSSR count). The number of rotatable bonds is 6. The molecule has 0 saturated heterocycles. The number of carboxylic acid groups (broad SMARTS) is 2. The molecule has 0 amide bonds. The highest BCUT2D eigenvalue weighted by atomic mass is 19.1. The Hall–Kier alpha value is -2.78. The molecule has 0 radical (unpaired) electrons. The standard InChI is InChI=1S/2C7H9FO4/c1-11-6(9)3-5(4-8)7(10)12-2;1-3(2)4(6(9)10)5(8)7(11)12/h3H,4H2,1-2H3;3H,1-2H3,(H,9,10)(H,11,12)/b5-3-;5-4+. The lowest BCUT2D eigenvalue weighted by atomic mass is 10.0. The van der Waals surface area contributed by atoms with Crippen LogP contribution in [0.5, 0.6) is 0 Å². The van der Waals surface area contributed by atoms with Gasteiger partial charge in [-0.15, -0.1) is 0 Å². The van der Waals surface area contributed by atoms with Crippen molar-refractivity contribution in [2.24, 2.45) is 5.92 Å². The van der Waals surface area contributed by atoms with Crippen LogP contribution in [-0.4, -0.2) is 55.0 Å². The van der Waals surface area contributed by atoms with Crippen molar-refractivity contribution in [2.45, 2.75) is 13.8 Å². The van der Waals surface area contributed by atoms with E-state index < -0.39 is 47.9 Å². The fourth-order valence-electron chi connectivity index (χ4n) is 1.19. The average molecular weight is 352 g/mol. The van der Waals surface area contributed by atoms with Crippen LogP contribution in [0.2, 0.25) is 0 Å². The number of carboxylic acids is 2. The van der Waals surface area contributed by atoms with Crippen molar-refractivity contribution < 1.29 is 47.6 Å². The minimum atomic E-state index is -1.85. The summed E-state index contributed by atoms with van der Waals surface area (Å²) in [7, 11) is 2.23. The van der Waals surface area contributed by atoms with Crippen LogP contribution >= 0.6 is 0 Å². The summed E-state index contributed by atoms with van der Waals surface area (Å²) in [6.45, 7) is 1.76. The molecule has 0 unspecified atom stereocenters. The van der Waals surface area contributed by atoms with E-state index in [-0.39, 0.29) is 5.57 Å². The Morgan fingerprint density at radius 3 is 1.75 bits per heavy atom. The van der Waals surface area contributed by atoms with Crippen LogP contribution in [0.3, 0.4) is 0 Å². The Morgan fingerprint density at radius 2 is 1.54 bits per heavy atom. The van der Waals surface area contributed by atoms with Crippen molar-refractivity contribution in [1.82, 2.24) is 0 Å².